The van der Waals surface area contributed by atoms with E-state index in [1.165, 1.54) is 12.1 Å². The fourth-order valence-electron chi connectivity index (χ4n) is 1.61. The summed E-state index contributed by atoms with van der Waals surface area (Å²) in [4.78, 5) is 3.90. The first kappa shape index (κ1) is 15.4. The molecule has 0 bridgehead atoms. The number of ether oxygens (including phenoxy) is 1. The molecule has 0 amide bonds. The van der Waals surface area contributed by atoms with E-state index in [0.29, 0.717) is 33.0 Å². The second-order valence-electron chi connectivity index (χ2n) is 3.96. The molecule has 0 atom stereocenters. The molecule has 0 aliphatic heterocycles. The van der Waals surface area contributed by atoms with Crippen LogP contribution in [0.1, 0.15) is 5.56 Å². The van der Waals surface area contributed by atoms with Crippen LogP contribution in [0.15, 0.2) is 28.9 Å². The molecule has 1 aromatic heterocycles. The van der Waals surface area contributed by atoms with E-state index in [1.807, 2.05) is 0 Å². The van der Waals surface area contributed by atoms with Crippen molar-refractivity contribution in [2.45, 2.75) is 6.42 Å². The van der Waals surface area contributed by atoms with Gasteiger partial charge in [-0.3, -0.25) is 0 Å². The lowest BCUT2D eigenvalue weighted by Crippen LogP contribution is -2.04. The predicted octanol–water partition coefficient (Wildman–Crippen LogP) is 4.49. The second-order valence-corrected chi connectivity index (χ2v) is 5.60. The molecule has 0 fully saturated rings. The van der Waals surface area contributed by atoms with Crippen molar-refractivity contribution in [3.05, 3.63) is 50.3 Å². The zero-order chi connectivity index (χ0) is 14.7. The van der Waals surface area contributed by atoms with Gasteiger partial charge in [0, 0.05) is 23.7 Å². The second kappa shape index (κ2) is 6.61. The number of hydrogen-bond acceptors (Lipinski definition) is 3. The third kappa shape index (κ3) is 3.53. The van der Waals surface area contributed by atoms with Crippen LogP contribution in [0.5, 0.6) is 5.75 Å². The third-order valence-electron chi connectivity index (χ3n) is 2.59. The number of hydrogen-bond donors (Lipinski definition) is 1. The summed E-state index contributed by atoms with van der Waals surface area (Å²) in [5, 5.41) is 0.433. The molecule has 7 heteroatoms. The van der Waals surface area contributed by atoms with E-state index in [0.717, 1.165) is 0 Å². The summed E-state index contributed by atoms with van der Waals surface area (Å²) in [6.45, 7) is 0.283. The van der Waals surface area contributed by atoms with Gasteiger partial charge in [-0.2, -0.15) is 0 Å². The fourth-order valence-corrected chi connectivity index (χ4v) is 2.50. The van der Waals surface area contributed by atoms with Crippen LogP contribution < -0.4 is 10.5 Å². The van der Waals surface area contributed by atoms with E-state index in [1.54, 1.807) is 12.3 Å². The SMILES string of the molecule is Nc1cc(OCCc2c(Cl)ccc(F)c2Cl)c(Br)cn1. The third-order valence-corrected chi connectivity index (χ3v) is 3.95. The van der Waals surface area contributed by atoms with Gasteiger partial charge in [0.15, 0.2) is 0 Å². The summed E-state index contributed by atoms with van der Waals surface area (Å²) in [5.41, 5.74) is 6.09. The number of nitrogens with zero attached hydrogens (tertiary/aromatic N) is 1. The van der Waals surface area contributed by atoms with Crippen LogP contribution in [0.2, 0.25) is 10.0 Å². The van der Waals surface area contributed by atoms with Crippen molar-refractivity contribution in [3.8, 4) is 5.75 Å². The molecule has 1 heterocycles. The zero-order valence-corrected chi connectivity index (χ0v) is 13.3. The number of nitrogen functional groups attached to an aromatic ring is 1. The van der Waals surface area contributed by atoms with Crippen LogP contribution in [0.3, 0.4) is 0 Å². The van der Waals surface area contributed by atoms with Crippen molar-refractivity contribution < 1.29 is 9.13 Å². The Balaban J connectivity index is 2.07. The van der Waals surface area contributed by atoms with E-state index in [4.69, 9.17) is 33.7 Å². The molecule has 2 aromatic rings. The summed E-state index contributed by atoms with van der Waals surface area (Å²) in [5.74, 6) is 0.409. The van der Waals surface area contributed by atoms with E-state index in [9.17, 15) is 4.39 Å². The molecule has 20 heavy (non-hydrogen) atoms. The number of aromatic nitrogens is 1. The van der Waals surface area contributed by atoms with E-state index in [-0.39, 0.29) is 11.6 Å². The molecule has 106 valence electrons. The minimum atomic E-state index is -0.500. The highest BCUT2D eigenvalue weighted by Gasteiger charge is 2.11. The highest BCUT2D eigenvalue weighted by atomic mass is 79.9. The zero-order valence-electron chi connectivity index (χ0n) is 10.2. The van der Waals surface area contributed by atoms with Gasteiger partial charge < -0.3 is 10.5 Å². The van der Waals surface area contributed by atoms with Crippen LogP contribution in [0.25, 0.3) is 0 Å². The lowest BCUT2D eigenvalue weighted by atomic mass is 10.1. The lowest BCUT2D eigenvalue weighted by molar-refractivity contribution is 0.319. The van der Waals surface area contributed by atoms with Gasteiger partial charge in [0.25, 0.3) is 0 Å². The Morgan fingerprint density at radius 2 is 2.10 bits per heavy atom. The number of nitrogens with two attached hydrogens (primary N) is 1. The van der Waals surface area contributed by atoms with Gasteiger partial charge in [0.05, 0.1) is 16.1 Å². The minimum absolute atomic E-state index is 0.0226. The van der Waals surface area contributed by atoms with Crippen molar-refractivity contribution in [1.29, 1.82) is 0 Å². The highest BCUT2D eigenvalue weighted by molar-refractivity contribution is 9.10. The number of rotatable bonds is 4. The van der Waals surface area contributed by atoms with Crippen molar-refractivity contribution in [2.24, 2.45) is 0 Å². The van der Waals surface area contributed by atoms with Crippen molar-refractivity contribution in [2.75, 3.05) is 12.3 Å². The molecule has 2 N–H and O–H groups in total. The Kier molecular flexibility index (Phi) is 5.07. The Morgan fingerprint density at radius 1 is 1.35 bits per heavy atom. The maximum atomic E-state index is 13.4. The summed E-state index contributed by atoms with van der Waals surface area (Å²) >= 11 is 15.2. The Bertz CT molecular complexity index is 640. The smallest absolute Gasteiger partial charge is 0.142 e. The molecule has 0 saturated carbocycles. The molecule has 3 nitrogen and oxygen atoms in total. The van der Waals surface area contributed by atoms with E-state index >= 15 is 0 Å². The van der Waals surface area contributed by atoms with Crippen LogP contribution >= 0.6 is 39.1 Å². The summed E-state index contributed by atoms with van der Waals surface area (Å²) in [6.07, 6.45) is 1.93. The number of pyridine rings is 1. The molecular formula is C13H10BrCl2FN2O. The minimum Gasteiger partial charge on any atom is -0.492 e. The maximum Gasteiger partial charge on any atom is 0.142 e. The molecule has 0 unspecified atom stereocenters. The average Bonchev–Trinajstić information content (AvgIpc) is 2.42. The summed E-state index contributed by atoms with van der Waals surface area (Å²) in [6, 6.07) is 4.30. The van der Waals surface area contributed by atoms with Crippen LogP contribution in [-0.2, 0) is 6.42 Å². The Morgan fingerprint density at radius 3 is 2.85 bits per heavy atom. The van der Waals surface area contributed by atoms with Gasteiger partial charge in [-0.1, -0.05) is 23.2 Å². The van der Waals surface area contributed by atoms with Gasteiger partial charge >= 0.3 is 0 Å². The van der Waals surface area contributed by atoms with E-state index < -0.39 is 5.82 Å². The fraction of sp³-hybridized carbons (Fsp3) is 0.154. The first-order valence-corrected chi connectivity index (χ1v) is 7.20. The van der Waals surface area contributed by atoms with Crippen molar-refractivity contribution in [1.82, 2.24) is 4.98 Å². The monoisotopic (exact) mass is 378 g/mol. The van der Waals surface area contributed by atoms with Crippen molar-refractivity contribution in [3.63, 3.8) is 0 Å². The molecule has 0 aliphatic carbocycles. The molecule has 0 spiro atoms. The molecule has 1 aromatic carbocycles. The quantitative estimate of drug-likeness (QED) is 0.796. The number of halogens is 4. The van der Waals surface area contributed by atoms with Gasteiger partial charge in [0.1, 0.15) is 17.4 Å². The van der Waals surface area contributed by atoms with Gasteiger partial charge in [0.2, 0.25) is 0 Å². The number of anilines is 1. The first-order chi connectivity index (χ1) is 9.49. The normalized spacial score (nSPS) is 10.6. The van der Waals surface area contributed by atoms with Gasteiger partial charge in [-0.15, -0.1) is 0 Å². The number of benzene rings is 1. The molecular weight excluding hydrogens is 370 g/mol. The molecule has 0 saturated heterocycles. The standard InChI is InChI=1S/C13H10BrCl2FN2O/c14-8-6-19-12(18)5-11(8)20-4-3-7-9(15)1-2-10(17)13(7)16/h1-2,5-6H,3-4H2,(H2,18,19). The van der Waals surface area contributed by atoms with Gasteiger partial charge in [-0.25, -0.2) is 9.37 Å². The Hall–Kier alpha value is -1.04. The summed E-state index contributed by atoms with van der Waals surface area (Å²) < 4.78 is 19.6. The lowest BCUT2D eigenvalue weighted by Gasteiger charge is -2.11. The maximum absolute atomic E-state index is 13.4. The summed E-state index contributed by atoms with van der Waals surface area (Å²) in [7, 11) is 0. The average molecular weight is 380 g/mol. The van der Waals surface area contributed by atoms with Crippen LogP contribution in [-0.4, -0.2) is 11.6 Å². The van der Waals surface area contributed by atoms with Crippen LogP contribution in [0, 0.1) is 5.82 Å². The van der Waals surface area contributed by atoms with Crippen LogP contribution in [0.4, 0.5) is 10.2 Å². The molecule has 0 aliphatic rings. The van der Waals surface area contributed by atoms with E-state index in [2.05, 4.69) is 20.9 Å². The topological polar surface area (TPSA) is 48.1 Å². The predicted molar refractivity (Wildman–Crippen MR) is 82.0 cm³/mol. The molecule has 2 rings (SSSR count). The highest BCUT2D eigenvalue weighted by Crippen LogP contribution is 2.29. The van der Waals surface area contributed by atoms with Gasteiger partial charge in [-0.05, 0) is 33.6 Å². The Labute approximate surface area is 134 Å². The first-order valence-electron chi connectivity index (χ1n) is 5.65. The molecule has 0 radical (unpaired) electrons. The largest absolute Gasteiger partial charge is 0.492 e. The van der Waals surface area contributed by atoms with Crippen molar-refractivity contribution >= 4 is 44.9 Å².